The number of hydrogen-bond donors (Lipinski definition) is 1. The molecule has 1 N–H and O–H groups in total. The molecule has 312 valence electrons. The predicted octanol–water partition coefficient (Wildman–Crippen LogP) is 11.4. The van der Waals surface area contributed by atoms with Gasteiger partial charge < -0.3 is 19.5 Å². The van der Waals surface area contributed by atoms with Crippen molar-refractivity contribution in [3.8, 4) is 0 Å². The van der Waals surface area contributed by atoms with Crippen molar-refractivity contribution in [2.45, 2.75) is 206 Å². The molecule has 1 amide bonds. The SMILES string of the molecule is CCCCCCCCCCCCCCCC(=O)OCC(COC(=O)NC1CN(CC(CF)CF)C1)OC(=O)CCCCCCCCCCCCCCC. The van der Waals surface area contributed by atoms with E-state index in [4.69, 9.17) is 14.2 Å². The summed E-state index contributed by atoms with van der Waals surface area (Å²) < 4.78 is 42.1. The molecule has 1 rings (SSSR count). The molecule has 0 aliphatic carbocycles. The average molecular weight is 759 g/mol. The quantitative estimate of drug-likeness (QED) is 0.0380. The van der Waals surface area contributed by atoms with Gasteiger partial charge in [0.05, 0.1) is 19.4 Å². The van der Waals surface area contributed by atoms with Crippen molar-refractivity contribution in [2.75, 3.05) is 46.2 Å². The fourth-order valence-electron chi connectivity index (χ4n) is 6.88. The van der Waals surface area contributed by atoms with Gasteiger partial charge in [0.2, 0.25) is 0 Å². The molecule has 1 aliphatic heterocycles. The molecule has 53 heavy (non-hydrogen) atoms. The van der Waals surface area contributed by atoms with Crippen molar-refractivity contribution in [3.05, 3.63) is 0 Å². The topological polar surface area (TPSA) is 94.2 Å². The number of carbonyl (C=O) groups excluding carboxylic acids is 3. The first-order valence-electron chi connectivity index (χ1n) is 22.0. The summed E-state index contributed by atoms with van der Waals surface area (Å²) >= 11 is 0. The monoisotopic (exact) mass is 759 g/mol. The van der Waals surface area contributed by atoms with Gasteiger partial charge in [-0.3, -0.25) is 23.3 Å². The van der Waals surface area contributed by atoms with Crippen LogP contribution in [0.15, 0.2) is 0 Å². The van der Waals surface area contributed by atoms with Gasteiger partial charge in [-0.2, -0.15) is 0 Å². The van der Waals surface area contributed by atoms with Crippen LogP contribution in [-0.2, 0) is 23.8 Å². The molecule has 0 aromatic carbocycles. The summed E-state index contributed by atoms with van der Waals surface area (Å²) in [5, 5.41) is 2.74. The zero-order valence-electron chi connectivity index (χ0n) is 34.1. The van der Waals surface area contributed by atoms with Gasteiger partial charge in [0.15, 0.2) is 6.10 Å². The van der Waals surface area contributed by atoms with E-state index >= 15 is 0 Å². The number of nitrogens with zero attached hydrogens (tertiary/aromatic N) is 1. The minimum Gasteiger partial charge on any atom is -0.462 e. The zero-order chi connectivity index (χ0) is 38.6. The number of nitrogens with one attached hydrogen (secondary N) is 1. The summed E-state index contributed by atoms with van der Waals surface area (Å²) in [6.07, 6.45) is 30.8. The molecule has 1 fully saturated rings. The lowest BCUT2D eigenvalue weighted by molar-refractivity contribution is -0.161. The number of amides is 1. The van der Waals surface area contributed by atoms with Crippen molar-refractivity contribution < 1.29 is 37.4 Å². The second-order valence-electron chi connectivity index (χ2n) is 15.6. The second-order valence-corrected chi connectivity index (χ2v) is 15.6. The number of esters is 2. The first-order chi connectivity index (χ1) is 25.9. The normalized spacial score (nSPS) is 13.9. The van der Waals surface area contributed by atoms with E-state index in [9.17, 15) is 23.2 Å². The van der Waals surface area contributed by atoms with Crippen molar-refractivity contribution in [2.24, 2.45) is 5.92 Å². The Labute approximate surface area is 323 Å². The maximum absolute atomic E-state index is 12.8. The molecule has 1 heterocycles. The third kappa shape index (κ3) is 30.0. The molecular formula is C43H80F2N2O6. The molecule has 0 aromatic heterocycles. The average Bonchev–Trinajstić information content (AvgIpc) is 3.14. The molecule has 0 radical (unpaired) electrons. The summed E-state index contributed by atoms with van der Waals surface area (Å²) in [5.74, 6) is -1.38. The molecule has 0 aromatic rings. The molecular weight excluding hydrogens is 678 g/mol. The first-order valence-corrected chi connectivity index (χ1v) is 22.0. The van der Waals surface area contributed by atoms with Crippen LogP contribution in [0.5, 0.6) is 0 Å². The maximum atomic E-state index is 12.8. The van der Waals surface area contributed by atoms with Crippen LogP contribution in [0, 0.1) is 5.92 Å². The molecule has 0 spiro atoms. The summed E-state index contributed by atoms with van der Waals surface area (Å²) in [6, 6.07) is -0.183. The number of carbonyl (C=O) groups is 3. The van der Waals surface area contributed by atoms with E-state index in [2.05, 4.69) is 19.2 Å². The molecule has 1 unspecified atom stereocenters. The van der Waals surface area contributed by atoms with Gasteiger partial charge >= 0.3 is 18.0 Å². The molecule has 8 nitrogen and oxygen atoms in total. The Hall–Kier alpha value is -1.97. The van der Waals surface area contributed by atoms with Crippen LogP contribution in [0.4, 0.5) is 13.6 Å². The number of alkyl carbamates (subject to hydrolysis) is 1. The fourth-order valence-corrected chi connectivity index (χ4v) is 6.88. The Balaban J connectivity index is 2.30. The van der Waals surface area contributed by atoms with Crippen molar-refractivity contribution in [1.29, 1.82) is 0 Å². The van der Waals surface area contributed by atoms with E-state index in [1.807, 2.05) is 4.90 Å². The van der Waals surface area contributed by atoms with E-state index in [1.54, 1.807) is 0 Å². The standard InChI is InChI=1S/C43H80F2N2O6/c1-3-5-7-9-11-13-15-17-19-21-23-25-27-29-41(48)51-36-40(37-52-43(50)46-39-34-47(35-39)33-38(31-44)32-45)53-42(49)30-28-26-24-22-20-18-16-14-12-10-8-6-4-2/h38-40H,3-37H2,1-2H3,(H,46,50). The van der Waals surface area contributed by atoms with E-state index in [0.717, 1.165) is 38.5 Å². The number of rotatable bonds is 38. The number of unbranched alkanes of at least 4 members (excludes halogenated alkanes) is 24. The molecule has 0 saturated carbocycles. The first kappa shape index (κ1) is 49.0. The van der Waals surface area contributed by atoms with Crippen LogP contribution in [-0.4, -0.2) is 81.3 Å². The lowest BCUT2D eigenvalue weighted by Crippen LogP contribution is -2.60. The number of alkyl halides is 2. The van der Waals surface area contributed by atoms with Crippen molar-refractivity contribution in [1.82, 2.24) is 10.2 Å². The van der Waals surface area contributed by atoms with Gasteiger partial charge in [0, 0.05) is 38.4 Å². The zero-order valence-corrected chi connectivity index (χ0v) is 34.1. The van der Waals surface area contributed by atoms with Gasteiger partial charge in [0.1, 0.15) is 13.2 Å². The highest BCUT2D eigenvalue weighted by molar-refractivity contribution is 5.70. The summed E-state index contributed by atoms with van der Waals surface area (Å²) in [6.45, 7) is 3.95. The number of hydrogen-bond acceptors (Lipinski definition) is 7. The Morgan fingerprint density at radius 3 is 1.36 bits per heavy atom. The van der Waals surface area contributed by atoms with Crippen LogP contribution in [0.1, 0.15) is 194 Å². The van der Waals surface area contributed by atoms with Crippen LogP contribution in [0.2, 0.25) is 0 Å². The Morgan fingerprint density at radius 2 is 0.943 bits per heavy atom. The minimum absolute atomic E-state index is 0.167. The van der Waals surface area contributed by atoms with Crippen molar-refractivity contribution >= 4 is 18.0 Å². The third-order valence-corrected chi connectivity index (χ3v) is 10.3. The van der Waals surface area contributed by atoms with Crippen LogP contribution in [0.3, 0.4) is 0 Å². The third-order valence-electron chi connectivity index (χ3n) is 10.3. The highest BCUT2D eigenvalue weighted by Gasteiger charge is 2.30. The van der Waals surface area contributed by atoms with E-state index in [-0.39, 0.29) is 37.6 Å². The predicted molar refractivity (Wildman–Crippen MR) is 212 cm³/mol. The molecule has 1 saturated heterocycles. The van der Waals surface area contributed by atoms with Crippen molar-refractivity contribution in [3.63, 3.8) is 0 Å². The minimum atomic E-state index is -0.890. The summed E-state index contributed by atoms with van der Waals surface area (Å²) in [5.41, 5.74) is 0. The van der Waals surface area contributed by atoms with Crippen LogP contribution in [0.25, 0.3) is 0 Å². The Morgan fingerprint density at radius 1 is 0.566 bits per heavy atom. The van der Waals surface area contributed by atoms with E-state index < -0.39 is 31.5 Å². The Kier molecular flexibility index (Phi) is 33.1. The van der Waals surface area contributed by atoms with Gasteiger partial charge in [-0.15, -0.1) is 0 Å². The van der Waals surface area contributed by atoms with E-state index in [0.29, 0.717) is 26.1 Å². The molecule has 1 aliphatic rings. The summed E-state index contributed by atoms with van der Waals surface area (Å²) in [7, 11) is 0. The van der Waals surface area contributed by atoms with Gasteiger partial charge in [0.25, 0.3) is 0 Å². The van der Waals surface area contributed by atoms with Crippen LogP contribution < -0.4 is 5.32 Å². The number of ether oxygens (including phenoxy) is 3. The highest BCUT2D eigenvalue weighted by atomic mass is 19.1. The van der Waals surface area contributed by atoms with Gasteiger partial charge in [-0.05, 0) is 12.8 Å². The fraction of sp³-hybridized carbons (Fsp3) is 0.930. The number of halogens is 2. The van der Waals surface area contributed by atoms with Gasteiger partial charge in [-0.25, -0.2) is 4.79 Å². The lowest BCUT2D eigenvalue weighted by atomic mass is 10.0. The number of likely N-dealkylation sites (tertiary alicyclic amines) is 1. The maximum Gasteiger partial charge on any atom is 0.407 e. The second kappa shape index (κ2) is 35.7. The molecule has 1 atom stereocenters. The Bertz CT molecular complexity index is 872. The summed E-state index contributed by atoms with van der Waals surface area (Å²) in [4.78, 5) is 39.5. The van der Waals surface area contributed by atoms with Gasteiger partial charge in [-0.1, -0.05) is 168 Å². The van der Waals surface area contributed by atoms with Crippen LogP contribution >= 0.6 is 0 Å². The largest absolute Gasteiger partial charge is 0.462 e. The highest BCUT2D eigenvalue weighted by Crippen LogP contribution is 2.16. The lowest BCUT2D eigenvalue weighted by Gasteiger charge is -2.40. The van der Waals surface area contributed by atoms with E-state index in [1.165, 1.54) is 128 Å². The molecule has 10 heteroatoms. The molecule has 0 bridgehead atoms. The smallest absolute Gasteiger partial charge is 0.407 e.